The number of esters is 1. The van der Waals surface area contributed by atoms with Gasteiger partial charge in [0.1, 0.15) is 42.7 Å². The van der Waals surface area contributed by atoms with Crippen molar-refractivity contribution in [3.63, 3.8) is 0 Å². The van der Waals surface area contributed by atoms with Crippen molar-refractivity contribution in [2.45, 2.75) is 90.8 Å². The standard InChI is InChI=1S/C24H23FN2O3.C24H31N7O9.C3H7NO2.C2H5NO2S/c1-3-12-15-7-20-22-16(9-27(20)23(28)17(15)10-30-24(12)29)14-6-4-5-13-11(2)18(25)8-19(26-22)21(13)14;25-17(32)13-40-14-29-19(34)10-28-24(39)16(8-15-4-2-1-3-5-15)30-20(35)11-26-18(33)9-27-21(36)12-31-22(37)6-7-23(31)38;1-4-2-3(5)6;1-2-6-3(4)5/h8,12,20H,3-7,9-10H2,1-2H3;1-5,16H,6-14H2,(H2,25,32)(H,26,33)(H,27,36)(H,28,39)(H,29,34)(H,30,35);4H,2H2,1H3,(H,5,6);2H2,1H3. The van der Waals surface area contributed by atoms with E-state index < -0.39 is 89.8 Å². The van der Waals surface area contributed by atoms with E-state index in [0.29, 0.717) is 53.7 Å². The van der Waals surface area contributed by atoms with E-state index >= 15 is 0 Å². The molecule has 8 rings (SSSR count). The molecular formula is C53H66FN11O16S. The lowest BCUT2D eigenvalue weighted by atomic mass is 9.81. The number of nitrogens with two attached hydrogens (primary N) is 1. The number of benzene rings is 2. The molecule has 1 saturated heterocycles. The maximum absolute atomic E-state index is 14.6. The third-order valence-corrected chi connectivity index (χ3v) is 13.9. The summed E-state index contributed by atoms with van der Waals surface area (Å²) in [5.41, 5.74) is 12.9. The summed E-state index contributed by atoms with van der Waals surface area (Å²) in [7, 11) is 1.59. The first kappa shape index (κ1) is 64.4. The number of nitrogens with zero attached hydrogens (tertiary/aromatic N) is 4. The van der Waals surface area contributed by atoms with Gasteiger partial charge < -0.3 is 57.1 Å². The first-order valence-corrected chi connectivity index (χ1v) is 27.1. The number of halogens is 1. The molecule has 1 fully saturated rings. The highest BCUT2D eigenvalue weighted by Crippen LogP contribution is 2.48. The average Bonchev–Trinajstić information content (AvgIpc) is 3.30. The van der Waals surface area contributed by atoms with Gasteiger partial charge in [-0.05, 0) is 86.4 Å². The summed E-state index contributed by atoms with van der Waals surface area (Å²) in [6, 6.07) is 9.02. The summed E-state index contributed by atoms with van der Waals surface area (Å²) < 4.78 is 24.3. The van der Waals surface area contributed by atoms with Gasteiger partial charge in [-0.1, -0.05) is 37.3 Å². The summed E-state index contributed by atoms with van der Waals surface area (Å²) in [6.45, 7) is 3.54. The smallest absolute Gasteiger partial charge is 0.317 e. The maximum Gasteiger partial charge on any atom is 0.317 e. The molecular weight excluding hydrogens is 1100 g/mol. The minimum atomic E-state index is -1.10. The van der Waals surface area contributed by atoms with Gasteiger partial charge in [-0.15, -0.1) is 0 Å². The summed E-state index contributed by atoms with van der Waals surface area (Å²) in [6.07, 6.45) is 4.16. The maximum atomic E-state index is 14.6. The summed E-state index contributed by atoms with van der Waals surface area (Å²) >= 11 is 0.708. The van der Waals surface area contributed by atoms with Crippen molar-refractivity contribution < 1.29 is 76.0 Å². The lowest BCUT2D eigenvalue weighted by Crippen LogP contribution is -2.52. The topological polar surface area (TPSA) is 387 Å². The van der Waals surface area contributed by atoms with Crippen LogP contribution in [0.4, 0.5) is 4.39 Å². The molecule has 4 aliphatic heterocycles. The number of likely N-dealkylation sites (tertiary alicyclic amines) is 1. The Morgan fingerprint density at radius 1 is 0.902 bits per heavy atom. The number of rotatable bonds is 21. The van der Waals surface area contributed by atoms with Crippen molar-refractivity contribution >= 4 is 88.0 Å². The number of aliphatic carboxylic acids is 1. The molecule has 5 heterocycles. The second kappa shape index (κ2) is 31.0. The van der Waals surface area contributed by atoms with Gasteiger partial charge in [-0.3, -0.25) is 72.7 Å². The molecule has 0 bridgehead atoms. The molecule has 1 aliphatic carbocycles. The van der Waals surface area contributed by atoms with Gasteiger partial charge in [0.25, 0.3) is 5.91 Å². The summed E-state index contributed by atoms with van der Waals surface area (Å²) in [4.78, 5) is 147. The molecule has 2 aromatic carbocycles. The Morgan fingerprint density at radius 3 is 2.16 bits per heavy atom. The number of carboxylic acid groups (broad SMARTS) is 1. The molecule has 27 nitrogen and oxygen atoms in total. The van der Waals surface area contributed by atoms with Crippen molar-refractivity contribution in [1.82, 2.24) is 46.7 Å². The van der Waals surface area contributed by atoms with Crippen LogP contribution in [0, 0.1) is 28.8 Å². The second-order valence-electron chi connectivity index (χ2n) is 19.0. The van der Waals surface area contributed by atoms with Crippen LogP contribution < -0.4 is 37.6 Å². The molecule has 82 heavy (non-hydrogen) atoms. The minimum absolute atomic E-state index is 0.0333. The summed E-state index contributed by atoms with van der Waals surface area (Å²) in [5, 5.41) is 32.5. The molecule has 9 N–H and O–H groups in total. The number of fused-ring (bicyclic) bond motifs is 4. The molecule has 0 spiro atoms. The third-order valence-electron chi connectivity index (χ3n) is 13.4. The normalized spacial score (nSPS) is 16.7. The molecule has 3 aromatic rings. The number of likely N-dealkylation sites (N-methyl/N-ethyl adjacent to an activating group) is 1. The molecule has 29 heteroatoms. The van der Waals surface area contributed by atoms with Crippen LogP contribution in [0.25, 0.3) is 10.9 Å². The van der Waals surface area contributed by atoms with E-state index in [-0.39, 0.29) is 75.4 Å². The lowest BCUT2D eigenvalue weighted by molar-refractivity contribution is -0.284. The van der Waals surface area contributed by atoms with Gasteiger partial charge in [0.05, 0.1) is 60.7 Å². The van der Waals surface area contributed by atoms with Gasteiger partial charge in [-0.25, -0.2) is 4.39 Å². The van der Waals surface area contributed by atoms with Crippen molar-refractivity contribution in [3.8, 4) is 0 Å². The van der Waals surface area contributed by atoms with Crippen LogP contribution in [-0.4, -0.2) is 161 Å². The van der Waals surface area contributed by atoms with E-state index in [0.717, 1.165) is 57.5 Å². The predicted molar refractivity (Wildman–Crippen MR) is 290 cm³/mol. The minimum Gasteiger partial charge on any atom is -0.480 e. The predicted octanol–water partition coefficient (Wildman–Crippen LogP) is -0.154. The molecule has 1 aromatic heterocycles. The van der Waals surface area contributed by atoms with E-state index in [2.05, 4.69) is 31.9 Å². The van der Waals surface area contributed by atoms with E-state index in [1.807, 2.05) is 18.7 Å². The Kier molecular flexibility index (Phi) is 24.3. The Labute approximate surface area is 474 Å². The number of carbonyl (C=O) groups is 11. The van der Waals surface area contributed by atoms with Crippen LogP contribution in [0.3, 0.4) is 0 Å². The zero-order chi connectivity index (χ0) is 60.2. The number of aryl methyl sites for hydroxylation is 2. The number of cyclic esters (lactones) is 1. The van der Waals surface area contributed by atoms with Crippen LogP contribution in [0.2, 0.25) is 0 Å². The average molecular weight is 1160 g/mol. The van der Waals surface area contributed by atoms with Gasteiger partial charge in [0.15, 0.2) is 0 Å². The van der Waals surface area contributed by atoms with Crippen LogP contribution in [0.15, 0.2) is 47.5 Å². The Morgan fingerprint density at radius 2 is 1.55 bits per heavy atom. The monoisotopic (exact) mass is 1160 g/mol. The molecule has 3 atom stereocenters. The van der Waals surface area contributed by atoms with Crippen LogP contribution in [0.1, 0.15) is 85.5 Å². The largest absolute Gasteiger partial charge is 0.480 e. The third kappa shape index (κ3) is 17.8. The molecule has 0 saturated carbocycles. The quantitative estimate of drug-likeness (QED) is 0.0131. The van der Waals surface area contributed by atoms with Crippen LogP contribution in [-0.2, 0) is 88.0 Å². The first-order valence-electron chi connectivity index (χ1n) is 26.1. The van der Waals surface area contributed by atoms with Gasteiger partial charge >= 0.3 is 11.9 Å². The van der Waals surface area contributed by atoms with Crippen molar-refractivity contribution in [1.29, 1.82) is 0 Å². The fraction of sp³-hybridized carbons (Fsp3) is 0.472. The van der Waals surface area contributed by atoms with E-state index in [1.54, 1.807) is 50.4 Å². The number of primary amides is 1. The zero-order valence-electron chi connectivity index (χ0n) is 45.6. The molecule has 9 amide bonds. The number of carboxylic acids is 1. The number of hydrogen-bond acceptors (Lipinski definition) is 18. The molecule has 3 unspecified atom stereocenters. The number of pyridine rings is 1. The van der Waals surface area contributed by atoms with Crippen molar-refractivity contribution in [2.75, 3.05) is 65.5 Å². The van der Waals surface area contributed by atoms with E-state index in [1.165, 1.54) is 5.56 Å². The number of hydrogen-bond donors (Lipinski definition) is 8. The number of aromatic nitrogens is 1. The fourth-order valence-corrected chi connectivity index (χ4v) is 9.82. The molecule has 0 radical (unpaired) electrons. The van der Waals surface area contributed by atoms with Crippen molar-refractivity contribution in [3.05, 3.63) is 97.0 Å². The van der Waals surface area contributed by atoms with Gasteiger partial charge in [0, 0.05) is 37.3 Å². The summed E-state index contributed by atoms with van der Waals surface area (Å²) in [5.74, 6) is -6.20. The van der Waals surface area contributed by atoms with Gasteiger partial charge in [0.2, 0.25) is 59.2 Å². The number of carbonyl (C=O) groups excluding carboxylic acids is 10. The number of nitrogens with one attached hydrogen (secondary N) is 6. The number of amides is 9. The Balaban J connectivity index is 0.000000255. The van der Waals surface area contributed by atoms with E-state index in [4.69, 9.17) is 25.3 Å². The fourth-order valence-electron chi connectivity index (χ4n) is 9.61. The van der Waals surface area contributed by atoms with Crippen LogP contribution in [0.5, 0.6) is 0 Å². The number of ether oxygens (including phenoxy) is 2. The Bertz CT molecular complexity index is 2970. The SMILES string of the molecule is CCC1C(=O)OCC2=C1CC1c3nc4cc(F)c(C)c5c4c(c3CN1C2=O)CCC5.CCS[N+](=O)[O-].CNCC(=O)O.NC(=O)COCNC(=O)CNC(=O)C(Cc1ccccc1)NC(=O)CNC(=O)CNC(=O)CN1C(=O)CCC1=O. The highest BCUT2D eigenvalue weighted by atomic mass is 32.2. The zero-order valence-corrected chi connectivity index (χ0v) is 46.5. The van der Waals surface area contributed by atoms with E-state index in [9.17, 15) is 67.2 Å². The Hall–Kier alpha value is -8.44. The lowest BCUT2D eigenvalue weighted by Gasteiger charge is -2.37. The molecule has 5 aliphatic rings. The van der Waals surface area contributed by atoms with Gasteiger partial charge in [-0.2, -0.15) is 0 Å². The first-order chi connectivity index (χ1) is 39.1. The number of imide groups is 1. The van der Waals surface area contributed by atoms with Crippen LogP contribution >= 0.6 is 11.9 Å². The molecule has 442 valence electrons. The number of nitro groups is 1. The highest BCUT2D eigenvalue weighted by Gasteiger charge is 2.47. The van der Waals surface area contributed by atoms with Crippen molar-refractivity contribution in [2.24, 2.45) is 11.7 Å². The highest BCUT2D eigenvalue weighted by molar-refractivity contribution is 7.93. The second-order valence-corrected chi connectivity index (χ2v) is 20.1.